The highest BCUT2D eigenvalue weighted by Crippen LogP contribution is 2.41. The molecule has 230 valence electrons. The lowest BCUT2D eigenvalue weighted by atomic mass is 10.0. The Morgan fingerprint density at radius 2 is 1.70 bits per heavy atom. The summed E-state index contributed by atoms with van der Waals surface area (Å²) in [5.74, 6) is -0.576. The zero-order valence-electron chi connectivity index (χ0n) is 22.7. The van der Waals surface area contributed by atoms with E-state index in [1.165, 1.54) is 50.6 Å². The summed E-state index contributed by atoms with van der Waals surface area (Å²) in [4.78, 5) is 11.1. The van der Waals surface area contributed by atoms with Crippen molar-refractivity contribution in [3.05, 3.63) is 82.9 Å². The van der Waals surface area contributed by atoms with Crippen LogP contribution in [0.5, 0.6) is 11.5 Å². The molecule has 0 N–H and O–H groups in total. The molecule has 43 heavy (non-hydrogen) atoms. The van der Waals surface area contributed by atoms with Crippen molar-refractivity contribution < 1.29 is 53.8 Å². The lowest BCUT2D eigenvalue weighted by Gasteiger charge is -2.35. The molecule has 0 saturated carbocycles. The van der Waals surface area contributed by atoms with Gasteiger partial charge >= 0.3 is 18.3 Å². The van der Waals surface area contributed by atoms with E-state index < -0.39 is 50.5 Å². The van der Waals surface area contributed by atoms with Crippen LogP contribution in [0.2, 0.25) is 0 Å². The number of methoxy groups -OCH3 is 2. The highest BCUT2D eigenvalue weighted by molar-refractivity contribution is 7.92. The molecule has 7 nitrogen and oxygen atoms in total. The highest BCUT2D eigenvalue weighted by Gasteiger charge is 2.37. The van der Waals surface area contributed by atoms with E-state index in [4.69, 9.17) is 9.47 Å². The Labute approximate surface area is 243 Å². The van der Waals surface area contributed by atoms with Crippen LogP contribution in [0.15, 0.2) is 65.6 Å². The molecule has 1 aliphatic heterocycles. The van der Waals surface area contributed by atoms with Gasteiger partial charge in [0.1, 0.15) is 17.6 Å². The first-order valence-electron chi connectivity index (χ1n) is 12.6. The smallest absolute Gasteiger partial charge is 0.417 e. The van der Waals surface area contributed by atoms with E-state index >= 15 is 0 Å². The number of hydrogen-bond donors (Lipinski definition) is 0. The quantitative estimate of drug-likeness (QED) is 0.155. The van der Waals surface area contributed by atoms with E-state index in [9.17, 15) is 39.6 Å². The van der Waals surface area contributed by atoms with Crippen molar-refractivity contribution in [1.29, 1.82) is 0 Å². The Morgan fingerprint density at radius 1 is 0.977 bits per heavy atom. The van der Waals surface area contributed by atoms with Crippen LogP contribution in [-0.2, 0) is 31.9 Å². The Bertz CT molecular complexity index is 1640. The van der Waals surface area contributed by atoms with E-state index in [0.29, 0.717) is 6.07 Å². The van der Waals surface area contributed by atoms with E-state index in [0.717, 1.165) is 34.6 Å². The largest absolute Gasteiger partial charge is 0.496 e. The maximum atomic E-state index is 13.8. The van der Waals surface area contributed by atoms with E-state index in [-0.39, 0.29) is 47.7 Å². The van der Waals surface area contributed by atoms with Crippen molar-refractivity contribution in [3.63, 3.8) is 0 Å². The van der Waals surface area contributed by atoms with Crippen LogP contribution < -0.4 is 13.8 Å². The third kappa shape index (κ3) is 7.07. The van der Waals surface area contributed by atoms with Gasteiger partial charge in [0, 0.05) is 12.0 Å². The first-order valence-corrected chi connectivity index (χ1v) is 14.1. The number of sulfonamides is 1. The number of fused-ring (bicyclic) bond motifs is 1. The molecule has 0 bridgehead atoms. The second-order valence-corrected chi connectivity index (χ2v) is 11.3. The Kier molecular flexibility index (Phi) is 9.00. The minimum absolute atomic E-state index is 0.0381. The van der Waals surface area contributed by atoms with Gasteiger partial charge in [0.2, 0.25) is 0 Å². The molecule has 0 saturated heterocycles. The number of nitrogens with zero attached hydrogens (tertiary/aromatic N) is 1. The van der Waals surface area contributed by atoms with Crippen molar-refractivity contribution in [1.82, 2.24) is 0 Å². The van der Waals surface area contributed by atoms with Crippen molar-refractivity contribution in [3.8, 4) is 11.5 Å². The number of esters is 1. The number of carbonyl (C=O) groups is 1. The summed E-state index contributed by atoms with van der Waals surface area (Å²) in [6, 6.07) is 10.9. The second-order valence-electron chi connectivity index (χ2n) is 9.40. The van der Waals surface area contributed by atoms with Crippen LogP contribution in [0.3, 0.4) is 0 Å². The minimum atomic E-state index is -4.80. The molecular formula is C29H25F6NO6S. The van der Waals surface area contributed by atoms with Gasteiger partial charge in [-0.2, -0.15) is 26.3 Å². The molecule has 0 fully saturated rings. The lowest BCUT2D eigenvalue weighted by Crippen LogP contribution is -2.43. The van der Waals surface area contributed by atoms with Crippen LogP contribution in [0.1, 0.15) is 35.1 Å². The van der Waals surface area contributed by atoms with Gasteiger partial charge in [0.15, 0.2) is 0 Å². The summed E-state index contributed by atoms with van der Waals surface area (Å²) < 4.78 is 125. The maximum Gasteiger partial charge on any atom is 0.417 e. The SMILES string of the molecule is COC(=O)CCC1CN(S(=O)(=O)c2cccc(C(F)(F)F)c2)c2cc(C=Cc3c(OC)cccc3C(F)(F)F)ccc2O1. The Balaban J connectivity index is 1.78. The number of carbonyl (C=O) groups excluding carboxylic acids is 1. The zero-order chi connectivity index (χ0) is 31.6. The minimum Gasteiger partial charge on any atom is -0.496 e. The van der Waals surface area contributed by atoms with Gasteiger partial charge in [-0.1, -0.05) is 30.4 Å². The van der Waals surface area contributed by atoms with Gasteiger partial charge < -0.3 is 14.2 Å². The molecule has 1 atom stereocenters. The van der Waals surface area contributed by atoms with Crippen LogP contribution >= 0.6 is 0 Å². The fraction of sp³-hybridized carbons (Fsp3) is 0.276. The molecule has 3 aromatic carbocycles. The van der Waals surface area contributed by atoms with Crippen LogP contribution in [-0.4, -0.2) is 41.3 Å². The average Bonchev–Trinajstić information content (AvgIpc) is 2.97. The van der Waals surface area contributed by atoms with Crippen molar-refractivity contribution in [2.45, 2.75) is 36.2 Å². The van der Waals surface area contributed by atoms with Crippen molar-refractivity contribution in [2.75, 3.05) is 25.1 Å². The third-order valence-corrected chi connectivity index (χ3v) is 8.37. The molecule has 4 rings (SSSR count). The Hall–Kier alpha value is -4.20. The molecule has 1 aliphatic rings. The van der Waals surface area contributed by atoms with Crippen LogP contribution in [0.25, 0.3) is 12.2 Å². The summed E-state index contributed by atoms with van der Waals surface area (Å²) in [6.07, 6.45) is -7.96. The number of anilines is 1. The van der Waals surface area contributed by atoms with Gasteiger partial charge in [-0.25, -0.2) is 8.42 Å². The second kappa shape index (κ2) is 12.2. The standard InChI is InChI=1S/C29H25F6NO6S/c1-40-25-8-4-7-23(29(33,34)35)22(25)12-9-18-10-13-26-24(15-18)36(17-20(42-26)11-14-27(37)41-2)43(38,39)21-6-3-5-19(16-21)28(30,31)32/h3-10,12-13,15-16,20H,11,14,17H2,1-2H3. The van der Waals surface area contributed by atoms with Gasteiger partial charge in [-0.3, -0.25) is 9.10 Å². The molecule has 0 spiro atoms. The van der Waals surface area contributed by atoms with Crippen molar-refractivity contribution in [2.24, 2.45) is 0 Å². The normalized spacial score (nSPS) is 15.6. The van der Waals surface area contributed by atoms with Gasteiger partial charge in [-0.15, -0.1) is 0 Å². The van der Waals surface area contributed by atoms with E-state index in [1.54, 1.807) is 0 Å². The number of hydrogen-bond acceptors (Lipinski definition) is 6. The maximum absolute atomic E-state index is 13.8. The summed E-state index contributed by atoms with van der Waals surface area (Å²) in [5.41, 5.74) is -2.17. The summed E-state index contributed by atoms with van der Waals surface area (Å²) >= 11 is 0. The molecule has 0 aliphatic carbocycles. The van der Waals surface area contributed by atoms with Gasteiger partial charge in [-0.05, 0) is 54.4 Å². The summed E-state index contributed by atoms with van der Waals surface area (Å²) in [5, 5.41) is 0. The average molecular weight is 630 g/mol. The van der Waals surface area contributed by atoms with E-state index in [1.807, 2.05) is 0 Å². The monoisotopic (exact) mass is 629 g/mol. The first kappa shape index (κ1) is 31.7. The van der Waals surface area contributed by atoms with E-state index in [2.05, 4.69) is 4.74 Å². The molecule has 3 aromatic rings. The molecular weight excluding hydrogens is 604 g/mol. The lowest BCUT2D eigenvalue weighted by molar-refractivity contribution is -0.141. The third-order valence-electron chi connectivity index (χ3n) is 6.60. The molecule has 0 radical (unpaired) electrons. The topological polar surface area (TPSA) is 82.1 Å². The van der Waals surface area contributed by atoms with Crippen molar-refractivity contribution >= 4 is 33.8 Å². The summed E-state index contributed by atoms with van der Waals surface area (Å²) in [7, 11) is -2.21. The molecule has 1 heterocycles. The number of halogens is 6. The highest BCUT2D eigenvalue weighted by atomic mass is 32.2. The number of rotatable bonds is 8. The predicted octanol–water partition coefficient (Wildman–Crippen LogP) is 6.81. The molecule has 14 heteroatoms. The Morgan fingerprint density at radius 3 is 2.35 bits per heavy atom. The number of ether oxygens (including phenoxy) is 3. The van der Waals surface area contributed by atoms with Crippen LogP contribution in [0, 0.1) is 0 Å². The zero-order valence-corrected chi connectivity index (χ0v) is 23.5. The first-order chi connectivity index (χ1) is 20.1. The van der Waals surface area contributed by atoms with Gasteiger partial charge in [0.05, 0.1) is 42.5 Å². The summed E-state index contributed by atoms with van der Waals surface area (Å²) in [6.45, 7) is -0.361. The molecule has 0 aromatic heterocycles. The molecule has 0 amide bonds. The number of alkyl halides is 6. The van der Waals surface area contributed by atoms with Gasteiger partial charge in [0.25, 0.3) is 10.0 Å². The predicted molar refractivity (Wildman–Crippen MR) is 145 cm³/mol. The fourth-order valence-electron chi connectivity index (χ4n) is 4.47. The number of benzene rings is 3. The molecule has 1 unspecified atom stereocenters. The fourth-order valence-corrected chi connectivity index (χ4v) is 6.02. The van der Waals surface area contributed by atoms with Crippen LogP contribution in [0.4, 0.5) is 32.0 Å².